The first-order valence-electron chi connectivity index (χ1n) is 6.41. The van der Waals surface area contributed by atoms with E-state index in [4.69, 9.17) is 10.5 Å². The van der Waals surface area contributed by atoms with Gasteiger partial charge in [0.25, 0.3) is 0 Å². The minimum atomic E-state index is -0.496. The van der Waals surface area contributed by atoms with E-state index in [1.54, 1.807) is 10.9 Å². The molecular formula is C12H20N4O3. The lowest BCUT2D eigenvalue weighted by Gasteiger charge is -2.26. The number of anilines is 1. The number of aryl methyl sites for hydroxylation is 1. The van der Waals surface area contributed by atoms with Gasteiger partial charge in [0.05, 0.1) is 26.7 Å². The van der Waals surface area contributed by atoms with Crippen LogP contribution in [-0.4, -0.2) is 60.4 Å². The third-order valence-corrected chi connectivity index (χ3v) is 3.23. The van der Waals surface area contributed by atoms with Crippen LogP contribution in [0.3, 0.4) is 0 Å². The first kappa shape index (κ1) is 13.8. The Bertz CT molecular complexity index is 427. The standard InChI is InChI=1S/C12H20N4O3/c1-18-12(17)10-11(13)16(9-14-10)4-2-3-15-5-7-19-8-6-15/h9H,2-8,13H2,1H3. The van der Waals surface area contributed by atoms with Crippen molar-refractivity contribution in [2.24, 2.45) is 0 Å². The maximum absolute atomic E-state index is 11.4. The number of carbonyl (C=O) groups excluding carboxylic acids is 1. The van der Waals surface area contributed by atoms with Crippen molar-refractivity contribution in [3.05, 3.63) is 12.0 Å². The number of hydrogen-bond acceptors (Lipinski definition) is 6. The second kappa shape index (κ2) is 6.53. The molecule has 2 heterocycles. The van der Waals surface area contributed by atoms with E-state index < -0.39 is 5.97 Å². The number of methoxy groups -OCH3 is 1. The maximum Gasteiger partial charge on any atom is 0.360 e. The number of hydrogen-bond donors (Lipinski definition) is 1. The molecular weight excluding hydrogens is 248 g/mol. The van der Waals surface area contributed by atoms with Crippen molar-refractivity contribution in [3.8, 4) is 0 Å². The monoisotopic (exact) mass is 268 g/mol. The number of carbonyl (C=O) groups is 1. The van der Waals surface area contributed by atoms with E-state index in [9.17, 15) is 4.79 Å². The summed E-state index contributed by atoms with van der Waals surface area (Å²) in [7, 11) is 1.32. The average molecular weight is 268 g/mol. The van der Waals surface area contributed by atoms with Crippen molar-refractivity contribution in [1.29, 1.82) is 0 Å². The van der Waals surface area contributed by atoms with Gasteiger partial charge in [0.15, 0.2) is 5.69 Å². The fraction of sp³-hybridized carbons (Fsp3) is 0.667. The largest absolute Gasteiger partial charge is 0.464 e. The highest BCUT2D eigenvalue weighted by molar-refractivity contribution is 5.91. The molecule has 1 aliphatic heterocycles. The zero-order valence-electron chi connectivity index (χ0n) is 11.2. The van der Waals surface area contributed by atoms with Crippen LogP contribution < -0.4 is 5.73 Å². The van der Waals surface area contributed by atoms with Gasteiger partial charge >= 0.3 is 5.97 Å². The lowest BCUT2D eigenvalue weighted by Crippen LogP contribution is -2.37. The van der Waals surface area contributed by atoms with Crippen molar-refractivity contribution in [1.82, 2.24) is 14.5 Å². The van der Waals surface area contributed by atoms with Crippen LogP contribution in [0.5, 0.6) is 0 Å². The molecule has 0 spiro atoms. The van der Waals surface area contributed by atoms with Crippen LogP contribution in [-0.2, 0) is 16.0 Å². The van der Waals surface area contributed by atoms with Crippen LogP contribution in [0.4, 0.5) is 5.82 Å². The van der Waals surface area contributed by atoms with Gasteiger partial charge in [0, 0.05) is 26.2 Å². The molecule has 2 rings (SSSR count). The average Bonchev–Trinajstić information content (AvgIpc) is 2.81. The predicted octanol–water partition coefficient (Wildman–Crippen LogP) is -0.0258. The van der Waals surface area contributed by atoms with Crippen molar-refractivity contribution in [2.75, 3.05) is 45.7 Å². The summed E-state index contributed by atoms with van der Waals surface area (Å²) >= 11 is 0. The Morgan fingerprint density at radius 2 is 2.21 bits per heavy atom. The lowest BCUT2D eigenvalue weighted by atomic mass is 10.3. The van der Waals surface area contributed by atoms with Crippen molar-refractivity contribution in [2.45, 2.75) is 13.0 Å². The van der Waals surface area contributed by atoms with Gasteiger partial charge in [-0.15, -0.1) is 0 Å². The highest BCUT2D eigenvalue weighted by Gasteiger charge is 2.16. The number of ether oxygens (including phenoxy) is 2. The molecule has 106 valence electrons. The summed E-state index contributed by atoms with van der Waals surface area (Å²) in [4.78, 5) is 17.7. The van der Waals surface area contributed by atoms with E-state index in [-0.39, 0.29) is 5.69 Å². The highest BCUT2D eigenvalue weighted by atomic mass is 16.5. The Balaban J connectivity index is 1.82. The van der Waals surface area contributed by atoms with E-state index in [0.29, 0.717) is 5.82 Å². The quantitative estimate of drug-likeness (QED) is 0.755. The predicted molar refractivity (Wildman–Crippen MR) is 69.9 cm³/mol. The molecule has 2 N–H and O–H groups in total. The molecule has 0 unspecified atom stereocenters. The smallest absolute Gasteiger partial charge is 0.360 e. The summed E-state index contributed by atoms with van der Waals surface area (Å²) in [6.07, 6.45) is 2.54. The third kappa shape index (κ3) is 3.45. The van der Waals surface area contributed by atoms with E-state index >= 15 is 0 Å². The number of morpholine rings is 1. The number of esters is 1. The van der Waals surface area contributed by atoms with Gasteiger partial charge in [0.1, 0.15) is 5.82 Å². The van der Waals surface area contributed by atoms with Gasteiger partial charge in [-0.2, -0.15) is 0 Å². The second-order valence-electron chi connectivity index (χ2n) is 4.47. The normalized spacial score (nSPS) is 16.5. The van der Waals surface area contributed by atoms with E-state index in [2.05, 4.69) is 14.6 Å². The van der Waals surface area contributed by atoms with Crippen LogP contribution in [0, 0.1) is 0 Å². The maximum atomic E-state index is 11.4. The first-order chi connectivity index (χ1) is 9.22. The summed E-state index contributed by atoms with van der Waals surface area (Å²) in [6, 6.07) is 0. The molecule has 0 aromatic carbocycles. The molecule has 7 heteroatoms. The van der Waals surface area contributed by atoms with Gasteiger partial charge in [0.2, 0.25) is 0 Å². The number of nitrogen functional groups attached to an aromatic ring is 1. The van der Waals surface area contributed by atoms with Crippen LogP contribution in [0.1, 0.15) is 16.9 Å². The number of rotatable bonds is 5. The van der Waals surface area contributed by atoms with Gasteiger partial charge in [-0.25, -0.2) is 9.78 Å². The molecule has 1 saturated heterocycles. The third-order valence-electron chi connectivity index (χ3n) is 3.23. The molecule has 0 radical (unpaired) electrons. The van der Waals surface area contributed by atoms with E-state index in [1.165, 1.54) is 7.11 Å². The Morgan fingerprint density at radius 3 is 2.89 bits per heavy atom. The van der Waals surface area contributed by atoms with Crippen LogP contribution in [0.25, 0.3) is 0 Å². The molecule has 1 aliphatic rings. The van der Waals surface area contributed by atoms with Gasteiger partial charge in [-0.05, 0) is 6.42 Å². The molecule has 0 atom stereocenters. The zero-order chi connectivity index (χ0) is 13.7. The zero-order valence-corrected chi connectivity index (χ0v) is 11.2. The van der Waals surface area contributed by atoms with Crippen molar-refractivity contribution >= 4 is 11.8 Å². The van der Waals surface area contributed by atoms with E-state index in [1.807, 2.05) is 0 Å². The Hall–Kier alpha value is -1.60. The van der Waals surface area contributed by atoms with Crippen molar-refractivity contribution in [3.63, 3.8) is 0 Å². The topological polar surface area (TPSA) is 82.6 Å². The first-order valence-corrected chi connectivity index (χ1v) is 6.41. The molecule has 0 aliphatic carbocycles. The summed E-state index contributed by atoms with van der Waals surface area (Å²) in [5.74, 6) is -0.127. The van der Waals surface area contributed by atoms with Crippen molar-refractivity contribution < 1.29 is 14.3 Å². The molecule has 0 amide bonds. The molecule has 1 fully saturated rings. The van der Waals surface area contributed by atoms with Gasteiger partial charge in [-0.1, -0.05) is 0 Å². The lowest BCUT2D eigenvalue weighted by molar-refractivity contribution is 0.0369. The molecule has 1 aromatic rings. The fourth-order valence-electron chi connectivity index (χ4n) is 2.11. The highest BCUT2D eigenvalue weighted by Crippen LogP contribution is 2.12. The second-order valence-corrected chi connectivity index (χ2v) is 4.47. The molecule has 0 bridgehead atoms. The SMILES string of the molecule is COC(=O)c1ncn(CCCN2CCOCC2)c1N. The Morgan fingerprint density at radius 1 is 1.47 bits per heavy atom. The van der Waals surface area contributed by atoms with Crippen LogP contribution in [0.15, 0.2) is 6.33 Å². The van der Waals surface area contributed by atoms with Gasteiger partial charge in [-0.3, -0.25) is 4.90 Å². The molecule has 19 heavy (non-hydrogen) atoms. The van der Waals surface area contributed by atoms with Crippen LogP contribution in [0.2, 0.25) is 0 Å². The Kier molecular flexibility index (Phi) is 4.75. The number of nitrogens with zero attached hydrogens (tertiary/aromatic N) is 3. The molecule has 0 saturated carbocycles. The summed E-state index contributed by atoms with van der Waals surface area (Å²) in [6.45, 7) is 5.31. The number of imidazole rings is 1. The summed E-state index contributed by atoms with van der Waals surface area (Å²) < 4.78 is 11.7. The number of nitrogens with two attached hydrogens (primary N) is 1. The minimum absolute atomic E-state index is 0.189. The van der Waals surface area contributed by atoms with E-state index in [0.717, 1.165) is 45.8 Å². The van der Waals surface area contributed by atoms with Gasteiger partial charge < -0.3 is 19.8 Å². The molecule has 1 aromatic heterocycles. The minimum Gasteiger partial charge on any atom is -0.464 e. The summed E-state index contributed by atoms with van der Waals surface area (Å²) in [5, 5.41) is 0. The molecule has 7 nitrogen and oxygen atoms in total. The Labute approximate surface area is 112 Å². The summed E-state index contributed by atoms with van der Waals surface area (Å²) in [5.41, 5.74) is 6.05. The number of aromatic nitrogens is 2. The van der Waals surface area contributed by atoms with Crippen LogP contribution >= 0.6 is 0 Å². The fourth-order valence-corrected chi connectivity index (χ4v) is 2.11.